The maximum absolute atomic E-state index is 13.7. The number of rotatable bonds is 10. The Labute approximate surface area is 278 Å². The van der Waals surface area contributed by atoms with Gasteiger partial charge in [0.1, 0.15) is 17.5 Å². The highest BCUT2D eigenvalue weighted by atomic mass is 16.6. The van der Waals surface area contributed by atoms with Crippen molar-refractivity contribution in [2.45, 2.75) is 78.4 Å². The molecule has 1 saturated carbocycles. The molecule has 1 heterocycles. The third kappa shape index (κ3) is 10.4. The van der Waals surface area contributed by atoms with Crippen LogP contribution in [0.5, 0.6) is 0 Å². The summed E-state index contributed by atoms with van der Waals surface area (Å²) in [6, 6.07) is 18.3. The van der Waals surface area contributed by atoms with E-state index in [2.05, 4.69) is 25.9 Å². The lowest BCUT2D eigenvalue weighted by Gasteiger charge is -2.29. The van der Waals surface area contributed by atoms with Crippen LogP contribution in [0, 0.1) is 18.8 Å². The number of nitrogens with zero attached hydrogens (tertiary/aromatic N) is 2. The molecule has 0 radical (unpaired) electrons. The highest BCUT2D eigenvalue weighted by Gasteiger charge is 2.30. The Morgan fingerprint density at radius 1 is 1.02 bits per heavy atom. The minimum absolute atomic E-state index is 0.136. The van der Waals surface area contributed by atoms with Crippen LogP contribution in [0.25, 0.3) is 11.1 Å². The zero-order chi connectivity index (χ0) is 34.1. The molecule has 1 aliphatic rings. The van der Waals surface area contributed by atoms with Gasteiger partial charge in [0.05, 0.1) is 0 Å². The maximum atomic E-state index is 13.7. The Morgan fingerprint density at radius 2 is 1.72 bits per heavy atom. The number of nitrogen functional groups attached to an aromatic ring is 1. The molecular formula is C37H48N6O4. The van der Waals surface area contributed by atoms with E-state index in [0.29, 0.717) is 37.3 Å². The number of hydrogen-bond donors (Lipinski definition) is 4. The number of nitrogens with one attached hydrogen (secondary N) is 3. The average Bonchev–Trinajstić information content (AvgIpc) is 3.03. The van der Waals surface area contributed by atoms with Gasteiger partial charge in [0.25, 0.3) is 0 Å². The third-order valence-corrected chi connectivity index (χ3v) is 8.48. The van der Waals surface area contributed by atoms with Gasteiger partial charge in [-0.15, -0.1) is 0 Å². The second-order valence-electron chi connectivity index (χ2n) is 13.3. The molecule has 1 aliphatic carbocycles. The topological polar surface area (TPSA) is 148 Å². The van der Waals surface area contributed by atoms with Crippen molar-refractivity contribution in [2.24, 2.45) is 16.8 Å². The van der Waals surface area contributed by atoms with Crippen LogP contribution < -0.4 is 21.7 Å². The van der Waals surface area contributed by atoms with Crippen LogP contribution in [0.4, 0.5) is 16.3 Å². The molecule has 1 atom stereocenters. The Hall–Kier alpha value is -4.73. The number of alkyl carbamates (subject to hydrolysis) is 1. The lowest BCUT2D eigenvalue weighted by molar-refractivity contribution is -0.130. The average molecular weight is 641 g/mol. The minimum atomic E-state index is -0.798. The smallest absolute Gasteiger partial charge is 0.407 e. The first kappa shape index (κ1) is 35.1. The first-order valence-corrected chi connectivity index (χ1v) is 16.3. The summed E-state index contributed by atoms with van der Waals surface area (Å²) in [5.74, 6) is 0.0828. The summed E-state index contributed by atoms with van der Waals surface area (Å²) in [5, 5.41) is 8.93. The van der Waals surface area contributed by atoms with Crippen molar-refractivity contribution in [3.8, 4) is 11.1 Å². The third-order valence-electron chi connectivity index (χ3n) is 8.48. The summed E-state index contributed by atoms with van der Waals surface area (Å²) < 4.78 is 5.34. The highest BCUT2D eigenvalue weighted by molar-refractivity contribution is 6.00. The number of aromatic nitrogens is 1. The van der Waals surface area contributed by atoms with Gasteiger partial charge in [-0.05, 0) is 107 Å². The Bertz CT molecular complexity index is 1590. The molecule has 0 spiro atoms. The summed E-state index contributed by atoms with van der Waals surface area (Å²) in [6.45, 7) is 9.85. The number of pyridine rings is 1. The van der Waals surface area contributed by atoms with Crippen molar-refractivity contribution in [3.63, 3.8) is 0 Å². The van der Waals surface area contributed by atoms with E-state index in [9.17, 15) is 14.4 Å². The molecule has 250 valence electrons. The quantitative estimate of drug-likeness (QED) is 0.198. The number of amides is 3. The van der Waals surface area contributed by atoms with Crippen LogP contribution >= 0.6 is 0 Å². The van der Waals surface area contributed by atoms with Crippen molar-refractivity contribution in [2.75, 3.05) is 24.6 Å². The van der Waals surface area contributed by atoms with Gasteiger partial charge in [-0.1, -0.05) is 36.4 Å². The molecule has 10 nitrogen and oxygen atoms in total. The van der Waals surface area contributed by atoms with Crippen molar-refractivity contribution < 1.29 is 19.1 Å². The van der Waals surface area contributed by atoms with Gasteiger partial charge in [0.2, 0.25) is 11.8 Å². The van der Waals surface area contributed by atoms with Crippen molar-refractivity contribution in [3.05, 3.63) is 77.5 Å². The van der Waals surface area contributed by atoms with Crippen molar-refractivity contribution in [1.29, 1.82) is 0 Å². The fraction of sp³-hybridized carbons (Fsp3) is 0.432. The normalized spacial score (nSPS) is 17.4. The number of aryl methyl sites for hydroxylation is 1. The highest BCUT2D eigenvalue weighted by Crippen LogP contribution is 2.29. The number of benzene rings is 2. The molecule has 10 heteroatoms. The molecule has 0 aliphatic heterocycles. The van der Waals surface area contributed by atoms with E-state index in [-0.39, 0.29) is 23.7 Å². The van der Waals surface area contributed by atoms with Crippen LogP contribution in [0.1, 0.15) is 70.2 Å². The SMILES string of the molecule is CN=C(C)c1ccc(NC(=O)[C@H](Cc2cccc(-c3ccc(N)nc3C)c2)NC(=O)C2CCC(CNC(=O)OC(C)(C)C)CC2)cc1. The van der Waals surface area contributed by atoms with Crippen LogP contribution in [-0.2, 0) is 20.7 Å². The number of carbonyl (C=O) groups is 3. The second kappa shape index (κ2) is 15.7. The molecule has 3 amide bonds. The summed E-state index contributed by atoms with van der Waals surface area (Å²) in [6.07, 6.45) is 2.84. The van der Waals surface area contributed by atoms with E-state index in [1.807, 2.05) is 89.2 Å². The molecule has 0 unspecified atom stereocenters. The van der Waals surface area contributed by atoms with E-state index in [1.165, 1.54) is 0 Å². The fourth-order valence-corrected chi connectivity index (χ4v) is 5.81. The number of anilines is 2. The number of ether oxygens (including phenoxy) is 1. The summed E-state index contributed by atoms with van der Waals surface area (Å²) in [7, 11) is 1.74. The van der Waals surface area contributed by atoms with Gasteiger partial charge in [-0.25, -0.2) is 9.78 Å². The zero-order valence-corrected chi connectivity index (χ0v) is 28.4. The van der Waals surface area contributed by atoms with Crippen molar-refractivity contribution >= 4 is 35.1 Å². The van der Waals surface area contributed by atoms with Gasteiger partial charge >= 0.3 is 6.09 Å². The summed E-state index contributed by atoms with van der Waals surface area (Å²) in [5.41, 5.74) is 11.4. The fourth-order valence-electron chi connectivity index (χ4n) is 5.81. The van der Waals surface area contributed by atoms with E-state index >= 15 is 0 Å². The van der Waals surface area contributed by atoms with Crippen LogP contribution in [-0.4, -0.2) is 53.8 Å². The van der Waals surface area contributed by atoms with Gasteiger partial charge in [0.15, 0.2) is 0 Å². The number of aliphatic imine (C=N–C) groups is 1. The van der Waals surface area contributed by atoms with E-state index in [0.717, 1.165) is 46.5 Å². The molecular weight excluding hydrogens is 592 g/mol. The molecule has 3 aromatic rings. The van der Waals surface area contributed by atoms with Gasteiger partial charge < -0.3 is 26.4 Å². The second-order valence-corrected chi connectivity index (χ2v) is 13.3. The number of carbonyl (C=O) groups excluding carboxylic acids is 3. The van der Waals surface area contributed by atoms with Crippen LogP contribution in [0.2, 0.25) is 0 Å². The molecule has 5 N–H and O–H groups in total. The standard InChI is InChI=1S/C37H48N6O4/c1-23(39-6)27-14-16-30(17-15-27)42-35(45)32(21-26-8-7-9-29(20-26)31-18-19-33(38)41-24(31)2)43-34(44)28-12-10-25(11-13-28)22-40-36(46)47-37(3,4)5/h7-9,14-20,25,28,32H,10-13,21-22H2,1-6H3,(H2,38,41)(H,40,46)(H,42,45)(H,43,44)/t25?,28?,32-/m0/s1. The van der Waals surface area contributed by atoms with Gasteiger partial charge in [-0.3, -0.25) is 14.6 Å². The van der Waals surface area contributed by atoms with E-state index < -0.39 is 17.7 Å². The molecule has 1 fully saturated rings. The summed E-state index contributed by atoms with van der Waals surface area (Å²) >= 11 is 0. The number of hydrogen-bond acceptors (Lipinski definition) is 7. The van der Waals surface area contributed by atoms with Crippen molar-refractivity contribution in [1.82, 2.24) is 15.6 Å². The van der Waals surface area contributed by atoms with Gasteiger partial charge in [-0.2, -0.15) is 0 Å². The Kier molecular flexibility index (Phi) is 11.7. The molecule has 0 saturated heterocycles. The first-order valence-electron chi connectivity index (χ1n) is 16.3. The lowest BCUT2D eigenvalue weighted by atomic mass is 9.81. The Balaban J connectivity index is 1.45. The van der Waals surface area contributed by atoms with Gasteiger partial charge in [0, 0.05) is 48.6 Å². The monoisotopic (exact) mass is 640 g/mol. The maximum Gasteiger partial charge on any atom is 0.407 e. The first-order chi connectivity index (χ1) is 22.3. The minimum Gasteiger partial charge on any atom is -0.444 e. The lowest BCUT2D eigenvalue weighted by Crippen LogP contribution is -2.48. The van der Waals surface area contributed by atoms with Crippen LogP contribution in [0.3, 0.4) is 0 Å². The van der Waals surface area contributed by atoms with Crippen LogP contribution in [0.15, 0.2) is 65.7 Å². The Morgan fingerprint density at radius 3 is 2.36 bits per heavy atom. The molecule has 1 aromatic heterocycles. The largest absolute Gasteiger partial charge is 0.444 e. The predicted molar refractivity (Wildman–Crippen MR) is 187 cm³/mol. The number of nitrogens with two attached hydrogens (primary N) is 1. The molecule has 0 bridgehead atoms. The molecule has 47 heavy (non-hydrogen) atoms. The molecule has 4 rings (SSSR count). The van der Waals surface area contributed by atoms with E-state index in [1.54, 1.807) is 13.1 Å². The van der Waals surface area contributed by atoms with E-state index in [4.69, 9.17) is 10.5 Å². The zero-order valence-electron chi connectivity index (χ0n) is 28.4. The summed E-state index contributed by atoms with van der Waals surface area (Å²) in [4.78, 5) is 48.0. The predicted octanol–water partition coefficient (Wildman–Crippen LogP) is 6.08. The molecule has 2 aromatic carbocycles.